The van der Waals surface area contributed by atoms with Crippen LogP contribution in [0.3, 0.4) is 0 Å². The second-order valence-electron chi connectivity index (χ2n) is 4.78. The molecule has 2 heterocycles. The van der Waals surface area contributed by atoms with E-state index >= 15 is 0 Å². The number of hydrogen-bond acceptors (Lipinski definition) is 5. The molecular formula is C14H12F3N3O2. The molecular weight excluding hydrogens is 299 g/mol. The zero-order valence-corrected chi connectivity index (χ0v) is 11.6. The van der Waals surface area contributed by atoms with Crippen LogP contribution in [0.1, 0.15) is 11.3 Å². The molecule has 116 valence electrons. The minimum absolute atomic E-state index is 0.00694. The van der Waals surface area contributed by atoms with Crippen LogP contribution < -0.4 is 14.4 Å². The molecule has 1 aliphatic rings. The molecule has 0 aliphatic carbocycles. The van der Waals surface area contributed by atoms with Crippen molar-refractivity contribution in [1.82, 2.24) is 9.97 Å². The predicted octanol–water partition coefficient (Wildman–Crippen LogP) is 2.86. The Kier molecular flexibility index (Phi) is 3.51. The normalized spacial score (nSPS) is 13.3. The third kappa shape index (κ3) is 2.90. The summed E-state index contributed by atoms with van der Waals surface area (Å²) in [5, 5.41) is 0. The molecule has 1 aliphatic heterocycles. The highest BCUT2D eigenvalue weighted by Crippen LogP contribution is 2.33. The van der Waals surface area contributed by atoms with Gasteiger partial charge in [-0.05, 0) is 23.8 Å². The number of benzene rings is 1. The summed E-state index contributed by atoms with van der Waals surface area (Å²) in [6, 6.07) is 6.21. The van der Waals surface area contributed by atoms with Crippen molar-refractivity contribution in [3.63, 3.8) is 0 Å². The van der Waals surface area contributed by atoms with E-state index in [-0.39, 0.29) is 12.7 Å². The molecule has 0 N–H and O–H groups in total. The Bertz CT molecular complexity index is 691. The maximum Gasteiger partial charge on any atom is 0.433 e. The van der Waals surface area contributed by atoms with Gasteiger partial charge in [-0.1, -0.05) is 6.07 Å². The molecule has 0 radical (unpaired) electrons. The highest BCUT2D eigenvalue weighted by molar-refractivity contribution is 5.45. The van der Waals surface area contributed by atoms with Gasteiger partial charge in [0.15, 0.2) is 11.5 Å². The van der Waals surface area contributed by atoms with Gasteiger partial charge >= 0.3 is 6.18 Å². The number of ether oxygens (including phenoxy) is 2. The largest absolute Gasteiger partial charge is 0.454 e. The summed E-state index contributed by atoms with van der Waals surface area (Å²) in [6.45, 7) is 0.517. The smallest absolute Gasteiger partial charge is 0.433 e. The Hall–Kier alpha value is -2.51. The molecule has 5 nitrogen and oxygen atoms in total. The zero-order chi connectivity index (χ0) is 15.7. The third-order valence-electron chi connectivity index (χ3n) is 3.13. The van der Waals surface area contributed by atoms with Crippen molar-refractivity contribution in [2.45, 2.75) is 12.7 Å². The van der Waals surface area contributed by atoms with Gasteiger partial charge in [-0.15, -0.1) is 0 Å². The predicted molar refractivity (Wildman–Crippen MR) is 71.7 cm³/mol. The van der Waals surface area contributed by atoms with Crippen LogP contribution >= 0.6 is 0 Å². The lowest BCUT2D eigenvalue weighted by Gasteiger charge is -2.18. The van der Waals surface area contributed by atoms with Crippen molar-refractivity contribution in [3.05, 3.63) is 41.7 Å². The highest BCUT2D eigenvalue weighted by Gasteiger charge is 2.33. The Morgan fingerprint density at radius 2 is 1.95 bits per heavy atom. The molecule has 22 heavy (non-hydrogen) atoms. The maximum absolute atomic E-state index is 12.7. The van der Waals surface area contributed by atoms with Crippen LogP contribution in [0.2, 0.25) is 0 Å². The summed E-state index contributed by atoms with van der Waals surface area (Å²) in [5.41, 5.74) is -0.109. The van der Waals surface area contributed by atoms with E-state index in [2.05, 4.69) is 9.97 Å². The summed E-state index contributed by atoms with van der Waals surface area (Å²) in [4.78, 5) is 8.96. The minimum Gasteiger partial charge on any atom is -0.454 e. The van der Waals surface area contributed by atoms with E-state index in [1.165, 1.54) is 4.90 Å². The maximum atomic E-state index is 12.7. The Balaban J connectivity index is 1.78. The number of hydrogen-bond donors (Lipinski definition) is 0. The van der Waals surface area contributed by atoms with E-state index in [9.17, 15) is 13.2 Å². The number of anilines is 1. The molecule has 2 aromatic rings. The summed E-state index contributed by atoms with van der Waals surface area (Å²) in [6.07, 6.45) is -3.39. The molecule has 3 rings (SSSR count). The second-order valence-corrected chi connectivity index (χ2v) is 4.78. The van der Waals surface area contributed by atoms with Crippen molar-refractivity contribution in [2.24, 2.45) is 0 Å². The lowest BCUT2D eigenvalue weighted by Crippen LogP contribution is -2.21. The number of nitrogens with zero attached hydrogens (tertiary/aromatic N) is 3. The van der Waals surface area contributed by atoms with Crippen LogP contribution in [0.4, 0.5) is 19.1 Å². The van der Waals surface area contributed by atoms with Crippen molar-refractivity contribution in [1.29, 1.82) is 0 Å². The van der Waals surface area contributed by atoms with Crippen molar-refractivity contribution < 1.29 is 22.6 Å². The van der Waals surface area contributed by atoms with Crippen LogP contribution in [0.5, 0.6) is 11.5 Å². The van der Waals surface area contributed by atoms with Crippen molar-refractivity contribution in [2.75, 3.05) is 18.7 Å². The molecule has 0 amide bonds. The monoisotopic (exact) mass is 311 g/mol. The fourth-order valence-electron chi connectivity index (χ4n) is 2.07. The molecule has 0 saturated heterocycles. The number of alkyl halides is 3. The lowest BCUT2D eigenvalue weighted by molar-refractivity contribution is -0.141. The lowest BCUT2D eigenvalue weighted by atomic mass is 10.2. The van der Waals surface area contributed by atoms with Crippen molar-refractivity contribution in [3.8, 4) is 11.5 Å². The number of rotatable bonds is 3. The second kappa shape index (κ2) is 5.36. The third-order valence-corrected chi connectivity index (χ3v) is 3.13. The summed E-state index contributed by atoms with van der Waals surface area (Å²) in [5.74, 6) is 1.28. The van der Waals surface area contributed by atoms with Crippen LogP contribution in [0, 0.1) is 0 Å². The first-order chi connectivity index (χ1) is 10.4. The van der Waals surface area contributed by atoms with Gasteiger partial charge in [0.2, 0.25) is 12.7 Å². The number of aromatic nitrogens is 2. The van der Waals surface area contributed by atoms with Gasteiger partial charge in [0.25, 0.3) is 0 Å². The summed E-state index contributed by atoms with van der Waals surface area (Å²) < 4.78 is 48.5. The number of halogens is 3. The van der Waals surface area contributed by atoms with E-state index in [4.69, 9.17) is 9.47 Å². The van der Waals surface area contributed by atoms with Gasteiger partial charge in [0.1, 0.15) is 5.69 Å². The first kappa shape index (κ1) is 14.4. The fraction of sp³-hybridized carbons (Fsp3) is 0.286. The average Bonchev–Trinajstić information content (AvgIpc) is 2.94. The van der Waals surface area contributed by atoms with E-state index in [1.54, 1.807) is 19.2 Å². The van der Waals surface area contributed by atoms with Crippen molar-refractivity contribution >= 4 is 5.95 Å². The topological polar surface area (TPSA) is 47.5 Å². The standard InChI is InChI=1S/C14H12F3N3O2/c1-20(13-18-5-4-12(19-13)14(15,16)17)7-9-2-3-10-11(6-9)22-8-21-10/h2-6H,7-8H2,1H3. The van der Waals surface area contributed by atoms with E-state index < -0.39 is 11.9 Å². The molecule has 0 bridgehead atoms. The molecule has 1 aromatic heterocycles. The van der Waals surface area contributed by atoms with E-state index in [1.807, 2.05) is 6.07 Å². The Labute approximate surface area is 124 Å². The van der Waals surface area contributed by atoms with Gasteiger partial charge in [-0.3, -0.25) is 0 Å². The number of fused-ring (bicyclic) bond motifs is 1. The van der Waals surface area contributed by atoms with Crippen LogP contribution in [-0.2, 0) is 12.7 Å². The highest BCUT2D eigenvalue weighted by atomic mass is 19.4. The van der Waals surface area contributed by atoms with Crippen LogP contribution in [0.15, 0.2) is 30.5 Å². The first-order valence-electron chi connectivity index (χ1n) is 6.43. The van der Waals surface area contributed by atoms with Crippen LogP contribution in [-0.4, -0.2) is 23.8 Å². The Morgan fingerprint density at radius 1 is 1.18 bits per heavy atom. The van der Waals surface area contributed by atoms with E-state index in [0.29, 0.717) is 18.0 Å². The van der Waals surface area contributed by atoms with Gasteiger partial charge in [-0.2, -0.15) is 13.2 Å². The molecule has 8 heteroatoms. The van der Waals surface area contributed by atoms with Gasteiger partial charge in [0.05, 0.1) is 0 Å². The van der Waals surface area contributed by atoms with Gasteiger partial charge in [-0.25, -0.2) is 9.97 Å². The quantitative estimate of drug-likeness (QED) is 0.872. The molecule has 0 fully saturated rings. The average molecular weight is 311 g/mol. The van der Waals surface area contributed by atoms with Gasteiger partial charge < -0.3 is 14.4 Å². The molecule has 0 spiro atoms. The van der Waals surface area contributed by atoms with Gasteiger partial charge in [0, 0.05) is 19.8 Å². The van der Waals surface area contributed by atoms with E-state index in [0.717, 1.165) is 17.8 Å². The van der Waals surface area contributed by atoms with Crippen LogP contribution in [0.25, 0.3) is 0 Å². The molecule has 0 atom stereocenters. The minimum atomic E-state index is -4.49. The summed E-state index contributed by atoms with van der Waals surface area (Å²) in [7, 11) is 1.63. The molecule has 0 unspecified atom stereocenters. The Morgan fingerprint density at radius 3 is 2.73 bits per heavy atom. The zero-order valence-electron chi connectivity index (χ0n) is 11.6. The first-order valence-corrected chi connectivity index (χ1v) is 6.43. The molecule has 1 aromatic carbocycles. The summed E-state index contributed by atoms with van der Waals surface area (Å²) >= 11 is 0. The molecule has 0 saturated carbocycles. The SMILES string of the molecule is CN(Cc1ccc2c(c1)OCO2)c1nccc(C(F)(F)F)n1. The fourth-order valence-corrected chi connectivity index (χ4v) is 2.07.